The molecule has 0 heterocycles. The van der Waals surface area contributed by atoms with Crippen LogP contribution in [0.5, 0.6) is 0 Å². The van der Waals surface area contributed by atoms with E-state index in [9.17, 15) is 15.0 Å². The van der Waals surface area contributed by atoms with Gasteiger partial charge in [0.25, 0.3) is 0 Å². The zero-order valence-corrected chi connectivity index (χ0v) is 13.7. The molecule has 122 valence electrons. The number of carbonyl (C=O) groups excluding carboxylic acids is 1. The Bertz CT molecular complexity index is 527. The molecule has 4 aliphatic rings. The quantitative estimate of drug-likeness (QED) is 0.723. The molecule has 3 heteroatoms. The fourth-order valence-electron chi connectivity index (χ4n) is 6.58. The first-order valence-electron chi connectivity index (χ1n) is 8.94. The van der Waals surface area contributed by atoms with Gasteiger partial charge in [0.1, 0.15) is 0 Å². The van der Waals surface area contributed by atoms with E-state index in [0.717, 1.165) is 32.1 Å². The van der Waals surface area contributed by atoms with Gasteiger partial charge in [0.2, 0.25) is 0 Å². The Morgan fingerprint density at radius 1 is 1.14 bits per heavy atom. The van der Waals surface area contributed by atoms with Crippen LogP contribution in [0.2, 0.25) is 0 Å². The average molecular weight is 304 g/mol. The number of fused-ring (bicyclic) bond motifs is 5. The van der Waals surface area contributed by atoms with Crippen molar-refractivity contribution >= 4 is 5.78 Å². The lowest BCUT2D eigenvalue weighted by atomic mass is 9.45. The molecule has 8 atom stereocenters. The van der Waals surface area contributed by atoms with Gasteiger partial charge in [-0.1, -0.05) is 19.9 Å². The fourth-order valence-corrected chi connectivity index (χ4v) is 6.58. The summed E-state index contributed by atoms with van der Waals surface area (Å²) in [5.74, 6) is 1.67. The van der Waals surface area contributed by atoms with E-state index in [0.29, 0.717) is 18.3 Å². The first-order valence-corrected chi connectivity index (χ1v) is 8.94. The smallest absolute Gasteiger partial charge is 0.155 e. The number of aliphatic hydroxyl groups is 2. The summed E-state index contributed by atoms with van der Waals surface area (Å²) in [5, 5.41) is 21.3. The molecule has 3 unspecified atom stereocenters. The molecule has 22 heavy (non-hydrogen) atoms. The number of allylic oxidation sites excluding steroid dienone is 2. The molecule has 2 N–H and O–H groups in total. The average Bonchev–Trinajstić information content (AvgIpc) is 2.77. The molecule has 0 amide bonds. The van der Waals surface area contributed by atoms with E-state index in [1.807, 2.05) is 0 Å². The van der Waals surface area contributed by atoms with Crippen molar-refractivity contribution < 1.29 is 15.0 Å². The van der Waals surface area contributed by atoms with Gasteiger partial charge >= 0.3 is 0 Å². The lowest BCUT2D eigenvalue weighted by Crippen LogP contribution is -2.57. The molecule has 0 saturated heterocycles. The molecule has 0 aromatic heterocycles. The lowest BCUT2D eigenvalue weighted by Gasteiger charge is -2.60. The maximum Gasteiger partial charge on any atom is 0.155 e. The molecule has 0 aromatic carbocycles. The first kappa shape index (κ1) is 14.9. The minimum absolute atomic E-state index is 0.0143. The van der Waals surface area contributed by atoms with Crippen molar-refractivity contribution in [3.8, 4) is 0 Å². The summed E-state index contributed by atoms with van der Waals surface area (Å²) >= 11 is 0. The normalized spacial score (nSPS) is 57.2. The Morgan fingerprint density at radius 2 is 1.91 bits per heavy atom. The number of hydrogen-bond acceptors (Lipinski definition) is 3. The summed E-state index contributed by atoms with van der Waals surface area (Å²) in [6.45, 7) is 4.53. The Hall–Kier alpha value is -0.670. The number of carbonyl (C=O) groups is 1. The highest BCUT2D eigenvalue weighted by Crippen LogP contribution is 2.65. The highest BCUT2D eigenvalue weighted by atomic mass is 16.3. The highest BCUT2D eigenvalue weighted by molar-refractivity contribution is 5.91. The third-order valence-electron chi connectivity index (χ3n) is 8.01. The van der Waals surface area contributed by atoms with Crippen LogP contribution < -0.4 is 0 Å². The van der Waals surface area contributed by atoms with Gasteiger partial charge in [0, 0.05) is 6.42 Å². The van der Waals surface area contributed by atoms with Crippen molar-refractivity contribution in [1.82, 2.24) is 0 Å². The Labute approximate surface area is 132 Å². The zero-order valence-electron chi connectivity index (χ0n) is 13.7. The van der Waals surface area contributed by atoms with Crippen LogP contribution in [0.25, 0.3) is 0 Å². The maximum absolute atomic E-state index is 11.8. The molecule has 0 aliphatic heterocycles. The first-order chi connectivity index (χ1) is 10.4. The van der Waals surface area contributed by atoms with Crippen LogP contribution in [0.4, 0.5) is 0 Å². The van der Waals surface area contributed by atoms with E-state index < -0.39 is 0 Å². The molecule has 3 saturated carbocycles. The Balaban J connectivity index is 1.73. The molecule has 0 spiro atoms. The number of ketones is 1. The van der Waals surface area contributed by atoms with E-state index in [4.69, 9.17) is 0 Å². The van der Waals surface area contributed by atoms with Gasteiger partial charge in [-0.2, -0.15) is 0 Å². The van der Waals surface area contributed by atoms with Crippen molar-refractivity contribution in [3.63, 3.8) is 0 Å². The minimum atomic E-state index is -0.308. The SMILES string of the molecule is C[C@]12C=CC(=O)CC1CC(O)[C@@H]1[C@H]2CC[C@]2(C)C(O)CC[C@@H]12. The summed E-state index contributed by atoms with van der Waals surface area (Å²) in [7, 11) is 0. The topological polar surface area (TPSA) is 57.5 Å². The lowest BCUT2D eigenvalue weighted by molar-refractivity contribution is -0.150. The van der Waals surface area contributed by atoms with Crippen LogP contribution in [0.15, 0.2) is 12.2 Å². The fraction of sp³-hybridized carbons (Fsp3) is 0.842. The van der Waals surface area contributed by atoms with Crippen LogP contribution in [-0.2, 0) is 4.79 Å². The number of aliphatic hydroxyl groups excluding tert-OH is 2. The molecule has 4 aliphatic carbocycles. The van der Waals surface area contributed by atoms with Gasteiger partial charge in [-0.05, 0) is 72.7 Å². The monoisotopic (exact) mass is 304 g/mol. The second-order valence-electron chi connectivity index (χ2n) is 8.80. The molecule has 0 bridgehead atoms. The van der Waals surface area contributed by atoms with E-state index in [-0.39, 0.29) is 40.7 Å². The van der Waals surface area contributed by atoms with Gasteiger partial charge in [0.15, 0.2) is 5.78 Å². The Morgan fingerprint density at radius 3 is 2.68 bits per heavy atom. The Kier molecular flexibility index (Phi) is 3.16. The second kappa shape index (κ2) is 4.67. The van der Waals surface area contributed by atoms with Crippen molar-refractivity contribution in [3.05, 3.63) is 12.2 Å². The van der Waals surface area contributed by atoms with E-state index >= 15 is 0 Å². The zero-order chi connectivity index (χ0) is 15.7. The molecular weight excluding hydrogens is 276 g/mol. The van der Waals surface area contributed by atoms with E-state index in [1.54, 1.807) is 6.08 Å². The molecule has 3 nitrogen and oxygen atoms in total. The summed E-state index contributed by atoms with van der Waals surface area (Å²) in [6.07, 6.45) is 8.80. The van der Waals surface area contributed by atoms with Gasteiger partial charge in [-0.3, -0.25) is 4.79 Å². The second-order valence-corrected chi connectivity index (χ2v) is 8.80. The molecule has 0 radical (unpaired) electrons. The van der Waals surface area contributed by atoms with Crippen LogP contribution >= 0.6 is 0 Å². The summed E-state index contributed by atoms with van der Waals surface area (Å²) in [5.41, 5.74) is 0.0340. The van der Waals surface area contributed by atoms with Crippen LogP contribution in [0.3, 0.4) is 0 Å². The maximum atomic E-state index is 11.8. The third-order valence-corrected chi connectivity index (χ3v) is 8.01. The van der Waals surface area contributed by atoms with Crippen molar-refractivity contribution in [1.29, 1.82) is 0 Å². The van der Waals surface area contributed by atoms with Gasteiger partial charge in [-0.15, -0.1) is 0 Å². The van der Waals surface area contributed by atoms with Gasteiger partial charge in [-0.25, -0.2) is 0 Å². The minimum Gasteiger partial charge on any atom is -0.393 e. The highest BCUT2D eigenvalue weighted by Gasteiger charge is 2.61. The number of hydrogen-bond donors (Lipinski definition) is 2. The van der Waals surface area contributed by atoms with Crippen molar-refractivity contribution in [2.45, 2.75) is 64.6 Å². The molecular formula is C19H28O3. The van der Waals surface area contributed by atoms with Crippen molar-refractivity contribution in [2.24, 2.45) is 34.5 Å². The van der Waals surface area contributed by atoms with Crippen LogP contribution in [0, 0.1) is 34.5 Å². The van der Waals surface area contributed by atoms with E-state index in [1.165, 1.54) is 0 Å². The molecule has 3 fully saturated rings. The summed E-state index contributed by atoms with van der Waals surface area (Å²) in [6, 6.07) is 0. The van der Waals surface area contributed by atoms with Crippen molar-refractivity contribution in [2.75, 3.05) is 0 Å². The largest absolute Gasteiger partial charge is 0.393 e. The molecule has 4 rings (SSSR count). The number of rotatable bonds is 0. The third kappa shape index (κ3) is 1.78. The standard InChI is InChI=1S/C19H28O3/c1-18-7-5-12(20)9-11(18)10-15(21)17-13-3-4-16(22)19(13,2)8-6-14(17)18/h5,7,11,13-17,21-22H,3-4,6,8-10H2,1-2H3/t11?,13-,14+,15?,16?,17-,18-,19-/m0/s1. The summed E-state index contributed by atoms with van der Waals surface area (Å²) in [4.78, 5) is 11.8. The van der Waals surface area contributed by atoms with Gasteiger partial charge < -0.3 is 10.2 Å². The predicted octanol–water partition coefficient (Wildman–Crippen LogP) is 2.71. The van der Waals surface area contributed by atoms with Gasteiger partial charge in [0.05, 0.1) is 12.2 Å². The van der Waals surface area contributed by atoms with Crippen LogP contribution in [0.1, 0.15) is 52.4 Å². The summed E-state index contributed by atoms with van der Waals surface area (Å²) < 4.78 is 0. The van der Waals surface area contributed by atoms with E-state index in [2.05, 4.69) is 19.9 Å². The van der Waals surface area contributed by atoms with Crippen LogP contribution in [-0.4, -0.2) is 28.2 Å². The predicted molar refractivity (Wildman–Crippen MR) is 84.0 cm³/mol. The molecule has 0 aromatic rings.